The molecule has 0 saturated carbocycles. The standard InChI is InChI=1S/C25H27F2N5O2S/c1-6-18(33)32-10-9-14(12-32)31(4)24-16-11-28-21(20(27)22(16)29-25(30-24)34-5)15-7-8-17(26)23(35)19(15)13(2)3/h6-8,11,13-14,35H,1,9-10,12H2,2-5H3. The minimum atomic E-state index is -0.658. The van der Waals surface area contributed by atoms with Gasteiger partial charge < -0.3 is 14.5 Å². The number of amides is 1. The third kappa shape index (κ3) is 4.42. The molecule has 0 radical (unpaired) electrons. The summed E-state index contributed by atoms with van der Waals surface area (Å²) in [4.78, 5) is 29.0. The van der Waals surface area contributed by atoms with Crippen molar-refractivity contribution in [1.29, 1.82) is 0 Å². The quantitative estimate of drug-likeness (QED) is 0.395. The summed E-state index contributed by atoms with van der Waals surface area (Å²) in [5.41, 5.74) is 1.11. The number of benzene rings is 1. The second-order valence-electron chi connectivity index (χ2n) is 8.77. The number of fused-ring (bicyclic) bond motifs is 1. The van der Waals surface area contributed by atoms with E-state index in [-0.39, 0.29) is 40.0 Å². The van der Waals surface area contributed by atoms with Gasteiger partial charge in [-0.25, -0.2) is 8.78 Å². The molecule has 1 aliphatic heterocycles. The number of carbonyl (C=O) groups is 1. The van der Waals surface area contributed by atoms with Crippen LogP contribution in [0.15, 0.2) is 35.9 Å². The summed E-state index contributed by atoms with van der Waals surface area (Å²) in [6.45, 7) is 8.40. The molecule has 1 atom stereocenters. The zero-order valence-electron chi connectivity index (χ0n) is 20.0. The normalized spacial score (nSPS) is 15.7. The lowest BCUT2D eigenvalue weighted by Crippen LogP contribution is -2.36. The van der Waals surface area contributed by atoms with E-state index in [9.17, 15) is 9.18 Å². The number of anilines is 1. The Bertz CT molecular complexity index is 1320. The number of thiol groups is 1. The molecule has 4 rings (SSSR count). The van der Waals surface area contributed by atoms with Crippen LogP contribution < -0.4 is 9.64 Å². The van der Waals surface area contributed by atoms with Crippen molar-refractivity contribution < 1.29 is 18.3 Å². The molecule has 0 spiro atoms. The molecule has 1 fully saturated rings. The van der Waals surface area contributed by atoms with E-state index in [2.05, 4.69) is 34.2 Å². The number of aromatic nitrogens is 3. The molecule has 7 nitrogen and oxygen atoms in total. The molecule has 1 aliphatic rings. The van der Waals surface area contributed by atoms with Crippen LogP contribution >= 0.6 is 12.6 Å². The van der Waals surface area contributed by atoms with E-state index in [1.54, 1.807) is 4.90 Å². The molecule has 0 N–H and O–H groups in total. The molecular formula is C25H27F2N5O2S. The lowest BCUT2D eigenvalue weighted by molar-refractivity contribution is -0.125. The average Bonchev–Trinajstić information content (AvgIpc) is 3.34. The van der Waals surface area contributed by atoms with Crippen LogP contribution in [0.2, 0.25) is 0 Å². The van der Waals surface area contributed by atoms with Crippen molar-refractivity contribution in [3.63, 3.8) is 0 Å². The fraction of sp³-hybridized carbons (Fsp3) is 0.360. The number of methoxy groups -OCH3 is 1. The Morgan fingerprint density at radius 2 is 2.09 bits per heavy atom. The van der Waals surface area contributed by atoms with Crippen LogP contribution in [0.25, 0.3) is 22.2 Å². The number of nitrogens with zero attached hydrogens (tertiary/aromatic N) is 5. The van der Waals surface area contributed by atoms with Crippen molar-refractivity contribution in [1.82, 2.24) is 19.9 Å². The average molecular weight is 500 g/mol. The third-order valence-electron chi connectivity index (χ3n) is 6.36. The van der Waals surface area contributed by atoms with Gasteiger partial charge in [-0.2, -0.15) is 9.97 Å². The summed E-state index contributed by atoms with van der Waals surface area (Å²) in [6.07, 6.45) is 3.53. The summed E-state index contributed by atoms with van der Waals surface area (Å²) in [5.74, 6) is -0.937. The van der Waals surface area contributed by atoms with Crippen molar-refractivity contribution in [2.24, 2.45) is 0 Å². The molecule has 1 unspecified atom stereocenters. The number of pyridine rings is 1. The number of carbonyl (C=O) groups excluding carboxylic acids is 1. The van der Waals surface area contributed by atoms with Gasteiger partial charge in [-0.1, -0.05) is 20.4 Å². The SMILES string of the molecule is C=CC(=O)N1CCC(N(C)c2nc(OC)nc3c(F)c(-c4ccc(F)c(S)c4C(C)C)ncc23)C1. The van der Waals surface area contributed by atoms with Crippen LogP contribution in [-0.4, -0.2) is 59.0 Å². The van der Waals surface area contributed by atoms with Gasteiger partial charge in [-0.05, 0) is 36.1 Å². The molecule has 35 heavy (non-hydrogen) atoms. The molecule has 3 aromatic rings. The Morgan fingerprint density at radius 3 is 2.74 bits per heavy atom. The monoisotopic (exact) mass is 499 g/mol. The van der Waals surface area contributed by atoms with E-state index >= 15 is 4.39 Å². The third-order valence-corrected chi connectivity index (χ3v) is 6.81. The van der Waals surface area contributed by atoms with Gasteiger partial charge in [0.05, 0.1) is 12.5 Å². The molecule has 0 aliphatic carbocycles. The van der Waals surface area contributed by atoms with Crippen LogP contribution in [-0.2, 0) is 4.79 Å². The maximum Gasteiger partial charge on any atom is 0.318 e. The molecule has 0 bridgehead atoms. The van der Waals surface area contributed by atoms with E-state index in [0.717, 1.165) is 6.42 Å². The second kappa shape index (κ2) is 9.77. The molecule has 1 amide bonds. The van der Waals surface area contributed by atoms with Crippen LogP contribution in [0, 0.1) is 11.6 Å². The molecular weight excluding hydrogens is 472 g/mol. The highest BCUT2D eigenvalue weighted by Crippen LogP contribution is 2.38. The van der Waals surface area contributed by atoms with E-state index in [1.807, 2.05) is 25.8 Å². The first kappa shape index (κ1) is 24.8. The van der Waals surface area contributed by atoms with Crippen LogP contribution in [0.3, 0.4) is 0 Å². The Labute approximate surface area is 208 Å². The summed E-state index contributed by atoms with van der Waals surface area (Å²) in [6, 6.07) is 2.73. The van der Waals surface area contributed by atoms with Crippen molar-refractivity contribution in [3.05, 3.63) is 48.2 Å². The Hall–Kier alpha value is -3.27. The topological polar surface area (TPSA) is 71.5 Å². The van der Waals surface area contributed by atoms with Crippen molar-refractivity contribution in [2.45, 2.75) is 37.1 Å². The first-order valence-corrected chi connectivity index (χ1v) is 11.7. The molecule has 10 heteroatoms. The first-order valence-electron chi connectivity index (χ1n) is 11.2. The molecule has 1 saturated heterocycles. The predicted octanol–water partition coefficient (Wildman–Crippen LogP) is 4.61. The highest BCUT2D eigenvalue weighted by Gasteiger charge is 2.30. The summed E-state index contributed by atoms with van der Waals surface area (Å²) in [7, 11) is 3.25. The zero-order chi connectivity index (χ0) is 25.4. The Balaban J connectivity index is 1.84. The van der Waals surface area contributed by atoms with Gasteiger partial charge in [-0.3, -0.25) is 9.78 Å². The zero-order valence-corrected chi connectivity index (χ0v) is 20.9. The van der Waals surface area contributed by atoms with Gasteiger partial charge in [0.25, 0.3) is 0 Å². The van der Waals surface area contributed by atoms with Crippen LogP contribution in [0.1, 0.15) is 31.7 Å². The number of rotatable bonds is 6. The minimum Gasteiger partial charge on any atom is -0.467 e. The van der Waals surface area contributed by atoms with Gasteiger partial charge >= 0.3 is 6.01 Å². The number of hydrogen-bond acceptors (Lipinski definition) is 7. The summed E-state index contributed by atoms with van der Waals surface area (Å²) in [5, 5.41) is 0.405. The van der Waals surface area contributed by atoms with E-state index in [0.29, 0.717) is 35.4 Å². The Kier molecular flexibility index (Phi) is 6.93. The van der Waals surface area contributed by atoms with Crippen LogP contribution in [0.5, 0.6) is 6.01 Å². The predicted molar refractivity (Wildman–Crippen MR) is 134 cm³/mol. The second-order valence-corrected chi connectivity index (χ2v) is 9.22. The molecule has 2 aromatic heterocycles. The van der Waals surface area contributed by atoms with Crippen molar-refractivity contribution in [3.8, 4) is 17.3 Å². The van der Waals surface area contributed by atoms with E-state index in [1.165, 1.54) is 31.5 Å². The fourth-order valence-corrected chi connectivity index (χ4v) is 4.96. The van der Waals surface area contributed by atoms with Crippen LogP contribution in [0.4, 0.5) is 14.6 Å². The Morgan fingerprint density at radius 1 is 1.34 bits per heavy atom. The number of likely N-dealkylation sites (N-methyl/N-ethyl adjacent to an activating group) is 1. The number of likely N-dealkylation sites (tertiary alicyclic amines) is 1. The van der Waals surface area contributed by atoms with Crippen molar-refractivity contribution in [2.75, 3.05) is 32.1 Å². The minimum absolute atomic E-state index is 0.00509. The maximum atomic E-state index is 16.0. The van der Waals surface area contributed by atoms with E-state index < -0.39 is 11.6 Å². The van der Waals surface area contributed by atoms with E-state index in [4.69, 9.17) is 4.74 Å². The smallest absolute Gasteiger partial charge is 0.318 e. The van der Waals surface area contributed by atoms with Gasteiger partial charge in [0.2, 0.25) is 5.91 Å². The number of hydrogen-bond donors (Lipinski definition) is 1. The highest BCUT2D eigenvalue weighted by atomic mass is 32.1. The maximum absolute atomic E-state index is 16.0. The van der Waals surface area contributed by atoms with Gasteiger partial charge in [0.1, 0.15) is 22.8 Å². The summed E-state index contributed by atoms with van der Waals surface area (Å²) >= 11 is 4.32. The summed E-state index contributed by atoms with van der Waals surface area (Å²) < 4.78 is 35.5. The lowest BCUT2D eigenvalue weighted by atomic mass is 9.94. The molecule has 1 aromatic carbocycles. The highest BCUT2D eigenvalue weighted by molar-refractivity contribution is 7.80. The number of ether oxygens (including phenoxy) is 1. The molecule has 3 heterocycles. The lowest BCUT2D eigenvalue weighted by Gasteiger charge is -2.27. The number of halogens is 2. The van der Waals surface area contributed by atoms with Gasteiger partial charge in [0.15, 0.2) is 5.82 Å². The first-order chi connectivity index (χ1) is 16.7. The van der Waals surface area contributed by atoms with Crippen molar-refractivity contribution >= 4 is 35.3 Å². The fourth-order valence-electron chi connectivity index (χ4n) is 4.50. The molecule has 184 valence electrons. The van der Waals surface area contributed by atoms with Gasteiger partial charge in [-0.15, -0.1) is 12.6 Å². The largest absolute Gasteiger partial charge is 0.467 e. The van der Waals surface area contributed by atoms with Gasteiger partial charge in [0, 0.05) is 42.8 Å².